The van der Waals surface area contributed by atoms with Crippen LogP contribution in [0.2, 0.25) is 0 Å². The number of hydrogen-bond acceptors (Lipinski definition) is 2. The molecule has 0 saturated heterocycles. The summed E-state index contributed by atoms with van der Waals surface area (Å²) >= 11 is 0. The number of rotatable bonds is 6. The molecule has 0 heterocycles. The predicted molar refractivity (Wildman–Crippen MR) is 215 cm³/mol. The molecule has 0 N–H and O–H groups in total. The van der Waals surface area contributed by atoms with Crippen LogP contribution in [0.3, 0.4) is 0 Å². The van der Waals surface area contributed by atoms with E-state index in [1.807, 2.05) is 0 Å². The lowest BCUT2D eigenvalue weighted by atomic mass is 9.95. The van der Waals surface area contributed by atoms with E-state index in [4.69, 9.17) is 0 Å². The van der Waals surface area contributed by atoms with Crippen molar-refractivity contribution in [1.29, 1.82) is 0 Å². The Morgan fingerprint density at radius 3 is 0.940 bits per heavy atom. The summed E-state index contributed by atoms with van der Waals surface area (Å²) in [6.45, 7) is 4.30. The summed E-state index contributed by atoms with van der Waals surface area (Å²) < 4.78 is 0. The first-order valence-electron chi connectivity index (χ1n) is 17.3. The number of fused-ring (bicyclic) bond motifs is 4. The van der Waals surface area contributed by atoms with Crippen LogP contribution in [0, 0.1) is 13.8 Å². The quantitative estimate of drug-likeness (QED) is 0.132. The minimum Gasteiger partial charge on any atom is -0.309 e. The van der Waals surface area contributed by atoms with Crippen LogP contribution in [0.25, 0.3) is 43.1 Å². The largest absolute Gasteiger partial charge is 0.309 e. The third-order valence-electron chi connectivity index (χ3n) is 9.89. The second-order valence-corrected chi connectivity index (χ2v) is 13.2. The van der Waals surface area contributed by atoms with E-state index >= 15 is 0 Å². The van der Waals surface area contributed by atoms with E-state index in [0.29, 0.717) is 0 Å². The van der Waals surface area contributed by atoms with Crippen LogP contribution in [-0.2, 0) is 0 Å². The molecule has 238 valence electrons. The average molecular weight is 641 g/mol. The molecule has 0 atom stereocenters. The molecule has 0 radical (unpaired) electrons. The van der Waals surface area contributed by atoms with Crippen LogP contribution in [0.1, 0.15) is 11.1 Å². The van der Waals surface area contributed by atoms with E-state index in [0.717, 1.165) is 22.7 Å². The topological polar surface area (TPSA) is 6.48 Å². The van der Waals surface area contributed by atoms with Crippen molar-refractivity contribution in [3.05, 3.63) is 193 Å². The lowest BCUT2D eigenvalue weighted by Crippen LogP contribution is -2.14. The molecule has 0 amide bonds. The number of nitrogens with zero attached hydrogens (tertiary/aromatic N) is 2. The summed E-state index contributed by atoms with van der Waals surface area (Å²) in [5.74, 6) is 0. The molecular weight excluding hydrogens is 605 g/mol. The highest BCUT2D eigenvalue weighted by Crippen LogP contribution is 2.51. The zero-order valence-electron chi connectivity index (χ0n) is 28.2. The molecule has 0 spiro atoms. The van der Waals surface area contributed by atoms with Gasteiger partial charge in [0, 0.05) is 44.3 Å². The highest BCUT2D eigenvalue weighted by Gasteiger charge is 2.25. The summed E-state index contributed by atoms with van der Waals surface area (Å²) in [5.41, 5.74) is 9.31. The SMILES string of the molecule is Cc1ccc(N(c2ccc3ccccc3c2)c2c3ccccc3c(N(c3ccc(C)cc3)c3ccc4ccccc4c3)c3ccccc23)cc1. The molecule has 9 rings (SSSR count). The first kappa shape index (κ1) is 29.7. The van der Waals surface area contributed by atoms with Gasteiger partial charge in [-0.2, -0.15) is 0 Å². The number of benzene rings is 9. The third-order valence-corrected chi connectivity index (χ3v) is 9.89. The van der Waals surface area contributed by atoms with E-state index in [2.05, 4.69) is 206 Å². The van der Waals surface area contributed by atoms with Gasteiger partial charge >= 0.3 is 0 Å². The van der Waals surface area contributed by atoms with Crippen LogP contribution in [0.4, 0.5) is 34.1 Å². The van der Waals surface area contributed by atoms with E-state index < -0.39 is 0 Å². The van der Waals surface area contributed by atoms with Crippen LogP contribution in [0.15, 0.2) is 182 Å². The van der Waals surface area contributed by atoms with Gasteiger partial charge in [0.15, 0.2) is 0 Å². The second-order valence-electron chi connectivity index (χ2n) is 13.2. The Kier molecular flexibility index (Phi) is 7.29. The Labute approximate surface area is 293 Å². The van der Waals surface area contributed by atoms with Gasteiger partial charge in [0.2, 0.25) is 0 Å². The Morgan fingerprint density at radius 2 is 0.580 bits per heavy atom. The monoisotopic (exact) mass is 640 g/mol. The van der Waals surface area contributed by atoms with Gasteiger partial charge in [-0.1, -0.05) is 145 Å². The molecule has 0 saturated carbocycles. The smallest absolute Gasteiger partial charge is 0.0619 e. The van der Waals surface area contributed by atoms with Crippen LogP contribution in [-0.4, -0.2) is 0 Å². The van der Waals surface area contributed by atoms with Crippen molar-refractivity contribution < 1.29 is 0 Å². The summed E-state index contributed by atoms with van der Waals surface area (Å²) in [6.07, 6.45) is 0. The van der Waals surface area contributed by atoms with Crippen LogP contribution >= 0.6 is 0 Å². The summed E-state index contributed by atoms with van der Waals surface area (Å²) in [4.78, 5) is 4.90. The van der Waals surface area contributed by atoms with Gasteiger partial charge in [-0.05, 0) is 83.9 Å². The van der Waals surface area contributed by atoms with E-state index in [9.17, 15) is 0 Å². The molecule has 0 aromatic heterocycles. The van der Waals surface area contributed by atoms with Gasteiger partial charge in [-0.3, -0.25) is 0 Å². The van der Waals surface area contributed by atoms with E-state index in [1.165, 1.54) is 65.6 Å². The number of anilines is 6. The Hall–Kier alpha value is -6.38. The predicted octanol–water partition coefficient (Wildman–Crippen LogP) is 13.9. The maximum atomic E-state index is 2.45. The van der Waals surface area contributed by atoms with Crippen molar-refractivity contribution in [3.8, 4) is 0 Å². The highest BCUT2D eigenvalue weighted by atomic mass is 15.2. The van der Waals surface area contributed by atoms with Crippen LogP contribution < -0.4 is 9.80 Å². The van der Waals surface area contributed by atoms with Crippen molar-refractivity contribution in [1.82, 2.24) is 0 Å². The highest BCUT2D eigenvalue weighted by molar-refractivity contribution is 6.23. The molecule has 0 unspecified atom stereocenters. The fourth-order valence-electron chi connectivity index (χ4n) is 7.40. The Morgan fingerprint density at radius 1 is 0.280 bits per heavy atom. The first-order chi connectivity index (χ1) is 24.6. The Balaban J connectivity index is 1.38. The molecule has 2 heteroatoms. The van der Waals surface area contributed by atoms with Gasteiger partial charge in [-0.15, -0.1) is 0 Å². The van der Waals surface area contributed by atoms with Gasteiger partial charge in [0.1, 0.15) is 0 Å². The molecule has 0 aliphatic rings. The van der Waals surface area contributed by atoms with Crippen molar-refractivity contribution in [3.63, 3.8) is 0 Å². The molecule has 50 heavy (non-hydrogen) atoms. The molecule has 0 bridgehead atoms. The van der Waals surface area contributed by atoms with Crippen LogP contribution in [0.5, 0.6) is 0 Å². The Bertz CT molecular complexity index is 2430. The van der Waals surface area contributed by atoms with Crippen molar-refractivity contribution in [2.45, 2.75) is 13.8 Å². The normalized spacial score (nSPS) is 11.4. The number of hydrogen-bond donors (Lipinski definition) is 0. The standard InChI is InChI=1S/C48H36N2/c1-33-19-25-39(26-20-33)49(41-29-23-35-11-3-5-13-37(35)31-41)47-43-15-7-9-17-45(43)48(46-18-10-8-16-44(46)47)50(40-27-21-34(2)22-28-40)42-30-24-36-12-4-6-14-38(36)32-42/h3-32H,1-2H3. The molecule has 0 aliphatic carbocycles. The zero-order chi connectivity index (χ0) is 33.6. The van der Waals surface area contributed by atoms with E-state index in [-0.39, 0.29) is 0 Å². The lowest BCUT2D eigenvalue weighted by molar-refractivity contribution is 1.29. The molecule has 0 fully saturated rings. The third kappa shape index (κ3) is 5.14. The van der Waals surface area contributed by atoms with Gasteiger partial charge in [-0.25, -0.2) is 0 Å². The maximum Gasteiger partial charge on any atom is 0.0619 e. The van der Waals surface area contributed by atoms with Gasteiger partial charge in [0.25, 0.3) is 0 Å². The minimum atomic E-state index is 1.12. The summed E-state index contributed by atoms with van der Waals surface area (Å²) in [5, 5.41) is 9.65. The molecule has 9 aromatic carbocycles. The minimum absolute atomic E-state index is 1.12. The summed E-state index contributed by atoms with van der Waals surface area (Å²) in [6, 6.07) is 66.5. The lowest BCUT2D eigenvalue weighted by Gasteiger charge is -2.33. The molecular formula is C48H36N2. The average Bonchev–Trinajstić information content (AvgIpc) is 3.17. The maximum absolute atomic E-state index is 2.45. The molecule has 2 nitrogen and oxygen atoms in total. The number of aryl methyl sites for hydroxylation is 2. The zero-order valence-corrected chi connectivity index (χ0v) is 28.2. The molecule has 9 aromatic rings. The van der Waals surface area contributed by atoms with Crippen molar-refractivity contribution >= 4 is 77.2 Å². The van der Waals surface area contributed by atoms with E-state index in [1.54, 1.807) is 0 Å². The summed E-state index contributed by atoms with van der Waals surface area (Å²) in [7, 11) is 0. The molecule has 0 aliphatic heterocycles. The first-order valence-corrected chi connectivity index (χ1v) is 17.3. The van der Waals surface area contributed by atoms with Crippen molar-refractivity contribution in [2.75, 3.05) is 9.80 Å². The fraction of sp³-hybridized carbons (Fsp3) is 0.0417. The van der Waals surface area contributed by atoms with Crippen molar-refractivity contribution in [2.24, 2.45) is 0 Å². The van der Waals surface area contributed by atoms with Gasteiger partial charge < -0.3 is 9.80 Å². The fourth-order valence-corrected chi connectivity index (χ4v) is 7.40. The second kappa shape index (κ2) is 12.3. The van der Waals surface area contributed by atoms with Gasteiger partial charge in [0.05, 0.1) is 11.4 Å².